The van der Waals surface area contributed by atoms with Gasteiger partial charge in [-0.2, -0.15) is 5.10 Å². The molecule has 0 saturated carbocycles. The molecule has 184 valence electrons. The van der Waals surface area contributed by atoms with Crippen LogP contribution in [0.5, 0.6) is 5.75 Å². The summed E-state index contributed by atoms with van der Waals surface area (Å²) >= 11 is 0. The maximum Gasteiger partial charge on any atom is 0.264 e. The molecule has 3 aromatic rings. The van der Waals surface area contributed by atoms with Gasteiger partial charge in [-0.1, -0.05) is 35.9 Å². The van der Waals surface area contributed by atoms with Crippen LogP contribution in [-0.2, 0) is 14.8 Å². The Hall–Kier alpha value is -3.93. The second kappa shape index (κ2) is 11.5. The van der Waals surface area contributed by atoms with Gasteiger partial charge in [-0.25, -0.2) is 13.8 Å². The van der Waals surface area contributed by atoms with Crippen molar-refractivity contribution < 1.29 is 28.4 Å². The Morgan fingerprint density at radius 2 is 1.69 bits per heavy atom. The van der Waals surface area contributed by atoms with Crippen molar-refractivity contribution in [3.05, 3.63) is 83.9 Å². The molecule has 11 heteroatoms. The lowest BCUT2D eigenvalue weighted by atomic mass is 10.2. The van der Waals surface area contributed by atoms with Gasteiger partial charge in [-0.15, -0.1) is 5.23 Å². The summed E-state index contributed by atoms with van der Waals surface area (Å²) in [5, 5.41) is 22.3. The van der Waals surface area contributed by atoms with Crippen LogP contribution in [0.1, 0.15) is 18.1 Å². The number of rotatable bonds is 10. The van der Waals surface area contributed by atoms with Crippen molar-refractivity contribution >= 4 is 33.5 Å². The van der Waals surface area contributed by atoms with Gasteiger partial charge < -0.3 is 4.74 Å². The van der Waals surface area contributed by atoms with Crippen LogP contribution in [-0.4, -0.2) is 44.1 Å². The first-order chi connectivity index (χ1) is 16.7. The minimum absolute atomic E-state index is 0.00209. The van der Waals surface area contributed by atoms with Crippen molar-refractivity contribution in [1.29, 1.82) is 0 Å². The molecule has 3 aromatic carbocycles. The molecule has 0 radical (unpaired) electrons. The number of para-hydroxylation sites is 1. The number of nitrogens with zero attached hydrogens (tertiary/aromatic N) is 3. The van der Waals surface area contributed by atoms with Crippen LogP contribution in [0.4, 0.5) is 11.4 Å². The zero-order chi connectivity index (χ0) is 25.4. The molecule has 0 atom stereocenters. The standard InChI is InChI=1S/C24H26N4O6S/c1-3-34-21-12-14-22(15-13-21)35(32,33)27(20-10-8-18(2)9-11-20)17-24(29)26-25-16-19-6-4-5-7-23(19)28(30)31/h4-16,30-31H,3,17H2,1-2H3,(H,26,29)/b25-16+. The van der Waals surface area contributed by atoms with E-state index in [1.54, 1.807) is 54.6 Å². The third-order valence-corrected chi connectivity index (χ3v) is 6.67. The van der Waals surface area contributed by atoms with Gasteiger partial charge in [0.1, 0.15) is 18.0 Å². The maximum atomic E-state index is 13.4. The Morgan fingerprint density at radius 3 is 2.31 bits per heavy atom. The molecule has 0 aliphatic rings. The second-order valence-corrected chi connectivity index (χ2v) is 9.26. The van der Waals surface area contributed by atoms with Crippen LogP contribution < -0.4 is 19.7 Å². The van der Waals surface area contributed by atoms with Gasteiger partial charge >= 0.3 is 0 Å². The smallest absolute Gasteiger partial charge is 0.264 e. The van der Waals surface area contributed by atoms with E-state index in [1.165, 1.54) is 24.4 Å². The monoisotopic (exact) mass is 498 g/mol. The molecule has 0 fully saturated rings. The summed E-state index contributed by atoms with van der Waals surface area (Å²) in [5.41, 5.74) is 3.88. The number of amides is 1. The summed E-state index contributed by atoms with van der Waals surface area (Å²) in [5.74, 6) is -0.163. The third-order valence-electron chi connectivity index (χ3n) is 4.88. The van der Waals surface area contributed by atoms with Crippen molar-refractivity contribution in [2.75, 3.05) is 22.7 Å². The number of carbonyl (C=O) groups excluding carboxylic acids is 1. The van der Waals surface area contributed by atoms with Gasteiger partial charge in [0.05, 0.1) is 23.4 Å². The van der Waals surface area contributed by atoms with E-state index in [9.17, 15) is 23.6 Å². The van der Waals surface area contributed by atoms with E-state index >= 15 is 0 Å². The van der Waals surface area contributed by atoms with Crippen LogP contribution in [0.25, 0.3) is 0 Å². The fourth-order valence-electron chi connectivity index (χ4n) is 3.15. The number of hydrazone groups is 1. The van der Waals surface area contributed by atoms with Crippen molar-refractivity contribution in [3.63, 3.8) is 0 Å². The van der Waals surface area contributed by atoms with Gasteiger partial charge in [0.25, 0.3) is 15.9 Å². The van der Waals surface area contributed by atoms with E-state index in [1.807, 2.05) is 13.8 Å². The molecule has 0 saturated heterocycles. The number of nitrogens with one attached hydrogen (secondary N) is 1. The first kappa shape index (κ1) is 25.7. The largest absolute Gasteiger partial charge is 0.494 e. The summed E-state index contributed by atoms with van der Waals surface area (Å²) < 4.78 is 33.3. The number of ether oxygens (including phenoxy) is 1. The molecule has 1 amide bonds. The Morgan fingerprint density at radius 1 is 1.03 bits per heavy atom. The highest BCUT2D eigenvalue weighted by Crippen LogP contribution is 2.25. The lowest BCUT2D eigenvalue weighted by Gasteiger charge is -2.24. The average Bonchev–Trinajstić information content (AvgIpc) is 2.84. The third kappa shape index (κ3) is 6.57. The molecule has 0 aliphatic heterocycles. The molecule has 35 heavy (non-hydrogen) atoms. The topological polar surface area (TPSA) is 132 Å². The molecule has 3 N–H and O–H groups in total. The van der Waals surface area contributed by atoms with Gasteiger partial charge in [-0.05, 0) is 56.3 Å². The number of sulfonamides is 1. The van der Waals surface area contributed by atoms with E-state index in [0.717, 1.165) is 9.87 Å². The number of hydrogen-bond acceptors (Lipinski definition) is 8. The number of aryl methyl sites for hydroxylation is 1. The number of carbonyl (C=O) groups is 1. The van der Waals surface area contributed by atoms with Crippen LogP contribution >= 0.6 is 0 Å². The lowest BCUT2D eigenvalue weighted by molar-refractivity contribution is -0.119. The van der Waals surface area contributed by atoms with E-state index in [4.69, 9.17) is 4.74 Å². The van der Waals surface area contributed by atoms with Crippen LogP contribution in [0.2, 0.25) is 0 Å². The molecule has 10 nitrogen and oxygen atoms in total. The molecule has 3 rings (SSSR count). The minimum atomic E-state index is -4.10. The normalized spacial score (nSPS) is 11.3. The van der Waals surface area contributed by atoms with E-state index in [-0.39, 0.29) is 15.8 Å². The second-order valence-electron chi connectivity index (χ2n) is 7.39. The van der Waals surface area contributed by atoms with Crippen molar-refractivity contribution in [1.82, 2.24) is 5.43 Å². The first-order valence-electron chi connectivity index (χ1n) is 10.6. The Labute approximate surface area is 203 Å². The predicted octanol–water partition coefficient (Wildman–Crippen LogP) is 3.32. The summed E-state index contributed by atoms with van der Waals surface area (Å²) in [6.45, 7) is 3.60. The molecule has 0 spiro atoms. The SMILES string of the molecule is CCOc1ccc(S(=O)(=O)N(CC(=O)N/N=C/c2ccccc2N(O)O)c2ccc(C)cc2)cc1. The predicted molar refractivity (Wildman–Crippen MR) is 132 cm³/mol. The summed E-state index contributed by atoms with van der Waals surface area (Å²) in [7, 11) is -4.10. The van der Waals surface area contributed by atoms with Crippen molar-refractivity contribution in [3.8, 4) is 5.75 Å². The molecule has 0 heterocycles. The Balaban J connectivity index is 1.84. The van der Waals surface area contributed by atoms with Crippen LogP contribution in [0.15, 0.2) is 82.8 Å². The van der Waals surface area contributed by atoms with Crippen LogP contribution in [0.3, 0.4) is 0 Å². The first-order valence-corrected chi connectivity index (χ1v) is 12.1. The molecule has 0 unspecified atom stereocenters. The van der Waals surface area contributed by atoms with Gasteiger partial charge in [0.15, 0.2) is 0 Å². The van der Waals surface area contributed by atoms with Gasteiger partial charge in [0, 0.05) is 5.56 Å². The summed E-state index contributed by atoms with van der Waals surface area (Å²) in [6.07, 6.45) is 1.21. The summed E-state index contributed by atoms with van der Waals surface area (Å²) in [6, 6.07) is 18.9. The molecular formula is C24H26N4O6S. The van der Waals surface area contributed by atoms with Crippen molar-refractivity contribution in [2.24, 2.45) is 5.10 Å². The molecular weight excluding hydrogens is 472 g/mol. The van der Waals surface area contributed by atoms with Gasteiger partial charge in [-0.3, -0.25) is 19.5 Å². The molecule has 0 bridgehead atoms. The molecule has 0 aromatic heterocycles. The highest BCUT2D eigenvalue weighted by atomic mass is 32.2. The van der Waals surface area contributed by atoms with Crippen molar-refractivity contribution in [2.45, 2.75) is 18.7 Å². The number of anilines is 2. The van der Waals surface area contributed by atoms with E-state index < -0.39 is 22.5 Å². The Bertz CT molecular complexity index is 1280. The van der Waals surface area contributed by atoms with E-state index in [0.29, 0.717) is 23.6 Å². The number of benzene rings is 3. The summed E-state index contributed by atoms with van der Waals surface area (Å²) in [4.78, 5) is 12.7. The van der Waals surface area contributed by atoms with E-state index in [2.05, 4.69) is 10.5 Å². The average molecular weight is 499 g/mol. The maximum absolute atomic E-state index is 13.4. The van der Waals surface area contributed by atoms with Crippen LogP contribution in [0, 0.1) is 6.92 Å². The highest BCUT2D eigenvalue weighted by Gasteiger charge is 2.27. The quantitative estimate of drug-likeness (QED) is 0.289. The fourth-order valence-corrected chi connectivity index (χ4v) is 4.57. The Kier molecular flexibility index (Phi) is 8.42. The molecule has 0 aliphatic carbocycles. The fraction of sp³-hybridized carbons (Fsp3) is 0.167. The lowest BCUT2D eigenvalue weighted by Crippen LogP contribution is -2.39. The zero-order valence-corrected chi connectivity index (χ0v) is 20.0. The van der Waals surface area contributed by atoms with Gasteiger partial charge in [0.2, 0.25) is 0 Å². The number of hydrogen-bond donors (Lipinski definition) is 3. The zero-order valence-electron chi connectivity index (χ0n) is 19.2. The minimum Gasteiger partial charge on any atom is -0.494 e. The highest BCUT2D eigenvalue weighted by molar-refractivity contribution is 7.92.